The quantitative estimate of drug-likeness (QED) is 0.384. The van der Waals surface area contributed by atoms with Crippen LogP contribution in [0.15, 0.2) is 51.7 Å². The first-order chi connectivity index (χ1) is 13.1. The van der Waals surface area contributed by atoms with Crippen molar-refractivity contribution in [2.75, 3.05) is 5.32 Å². The maximum Gasteiger partial charge on any atom is 0.417 e. The van der Waals surface area contributed by atoms with Crippen molar-refractivity contribution < 1.29 is 27.3 Å². The predicted octanol–water partition coefficient (Wildman–Crippen LogP) is 4.63. The van der Waals surface area contributed by atoms with E-state index in [2.05, 4.69) is 5.32 Å². The van der Waals surface area contributed by atoms with Crippen molar-refractivity contribution in [2.24, 2.45) is 0 Å². The van der Waals surface area contributed by atoms with E-state index < -0.39 is 39.5 Å². The Morgan fingerprint density at radius 2 is 1.86 bits per heavy atom. The lowest BCUT2D eigenvalue weighted by Crippen LogP contribution is -2.14. The zero-order valence-electron chi connectivity index (χ0n) is 13.5. The molecule has 2 aromatic carbocycles. The van der Waals surface area contributed by atoms with Gasteiger partial charge in [-0.2, -0.15) is 13.2 Å². The molecule has 0 aliphatic rings. The Morgan fingerprint density at radius 3 is 2.50 bits per heavy atom. The SMILES string of the molecule is O=C(Nc1ccc2c(C(F)(F)F)cc(=O)oc2c1)c1ccc(Cl)cc1[N+](=O)[O-]. The molecule has 3 aromatic rings. The van der Waals surface area contributed by atoms with Crippen molar-refractivity contribution in [1.82, 2.24) is 0 Å². The minimum atomic E-state index is -4.77. The van der Waals surface area contributed by atoms with Crippen LogP contribution >= 0.6 is 11.6 Å². The second-order valence-corrected chi connectivity index (χ2v) is 6.00. The average molecular weight is 413 g/mol. The van der Waals surface area contributed by atoms with Crippen LogP contribution in [-0.2, 0) is 6.18 Å². The summed E-state index contributed by atoms with van der Waals surface area (Å²) in [4.78, 5) is 34.1. The van der Waals surface area contributed by atoms with E-state index in [1.54, 1.807) is 0 Å². The Hall–Kier alpha value is -3.40. The number of carbonyl (C=O) groups is 1. The van der Waals surface area contributed by atoms with Gasteiger partial charge in [-0.25, -0.2) is 4.79 Å². The fourth-order valence-corrected chi connectivity index (χ4v) is 2.69. The van der Waals surface area contributed by atoms with Crippen molar-refractivity contribution in [3.63, 3.8) is 0 Å². The third kappa shape index (κ3) is 3.81. The normalized spacial score (nSPS) is 11.4. The summed E-state index contributed by atoms with van der Waals surface area (Å²) in [6.45, 7) is 0. The molecule has 0 bridgehead atoms. The zero-order chi connectivity index (χ0) is 20.6. The van der Waals surface area contributed by atoms with Crippen molar-refractivity contribution in [2.45, 2.75) is 6.18 Å². The third-order valence-electron chi connectivity index (χ3n) is 3.71. The van der Waals surface area contributed by atoms with Crippen LogP contribution in [0.1, 0.15) is 15.9 Å². The molecule has 7 nitrogen and oxygen atoms in total. The Balaban J connectivity index is 2.01. The first-order valence-corrected chi connectivity index (χ1v) is 7.84. The van der Waals surface area contributed by atoms with Gasteiger partial charge in [-0.3, -0.25) is 14.9 Å². The van der Waals surface area contributed by atoms with Gasteiger partial charge in [-0.15, -0.1) is 0 Å². The molecule has 0 unspecified atom stereocenters. The van der Waals surface area contributed by atoms with Gasteiger partial charge in [0.25, 0.3) is 11.6 Å². The molecule has 28 heavy (non-hydrogen) atoms. The number of nitrogens with zero attached hydrogens (tertiary/aromatic N) is 1. The number of halogens is 4. The molecule has 1 amide bonds. The highest BCUT2D eigenvalue weighted by Crippen LogP contribution is 2.34. The number of carbonyl (C=O) groups excluding carboxylic acids is 1. The molecule has 0 spiro atoms. The van der Waals surface area contributed by atoms with Crippen LogP contribution in [0, 0.1) is 10.1 Å². The Morgan fingerprint density at radius 1 is 1.14 bits per heavy atom. The molecule has 0 aliphatic heterocycles. The molecular formula is C17H8ClF3N2O5. The number of fused-ring (bicyclic) bond motifs is 1. The van der Waals surface area contributed by atoms with Crippen molar-refractivity contribution in [3.8, 4) is 0 Å². The first-order valence-electron chi connectivity index (χ1n) is 7.46. The number of benzene rings is 2. The Bertz CT molecular complexity index is 1170. The minimum Gasteiger partial charge on any atom is -0.423 e. The molecule has 0 atom stereocenters. The van der Waals surface area contributed by atoms with Gasteiger partial charge in [0.2, 0.25) is 0 Å². The van der Waals surface area contributed by atoms with Crippen LogP contribution in [0.2, 0.25) is 5.02 Å². The number of nitro benzene ring substituents is 1. The summed E-state index contributed by atoms with van der Waals surface area (Å²) in [7, 11) is 0. The molecule has 0 fully saturated rings. The monoisotopic (exact) mass is 412 g/mol. The molecular weight excluding hydrogens is 405 g/mol. The first kappa shape index (κ1) is 19.4. The number of anilines is 1. The van der Waals surface area contributed by atoms with E-state index in [0.29, 0.717) is 6.07 Å². The summed E-state index contributed by atoms with van der Waals surface area (Å²) >= 11 is 5.69. The second kappa shape index (κ2) is 6.97. The lowest BCUT2D eigenvalue weighted by atomic mass is 10.1. The maximum absolute atomic E-state index is 13.1. The molecule has 11 heteroatoms. The predicted molar refractivity (Wildman–Crippen MR) is 93.5 cm³/mol. The topological polar surface area (TPSA) is 102 Å². The molecule has 3 rings (SSSR count). The van der Waals surface area contributed by atoms with Crippen molar-refractivity contribution in [1.29, 1.82) is 0 Å². The number of rotatable bonds is 3. The van der Waals surface area contributed by atoms with E-state index >= 15 is 0 Å². The molecule has 1 heterocycles. The molecule has 0 aliphatic carbocycles. The Labute approximate surface area is 158 Å². The minimum absolute atomic E-state index is 0.0239. The number of nitro groups is 1. The van der Waals surface area contributed by atoms with Crippen molar-refractivity contribution in [3.05, 3.63) is 79.1 Å². The van der Waals surface area contributed by atoms with Gasteiger partial charge >= 0.3 is 11.8 Å². The van der Waals surface area contributed by atoms with E-state index in [9.17, 15) is 32.9 Å². The lowest BCUT2D eigenvalue weighted by Gasteiger charge is -2.11. The fourth-order valence-electron chi connectivity index (χ4n) is 2.52. The average Bonchev–Trinajstić information content (AvgIpc) is 2.59. The van der Waals surface area contributed by atoms with Crippen LogP contribution in [0.4, 0.5) is 24.5 Å². The number of amides is 1. The number of hydrogen-bond acceptors (Lipinski definition) is 5. The van der Waals surface area contributed by atoms with Gasteiger partial charge in [0.15, 0.2) is 0 Å². The molecule has 0 saturated carbocycles. The number of nitrogens with one attached hydrogen (secondary N) is 1. The van der Waals surface area contributed by atoms with Crippen LogP contribution in [-0.4, -0.2) is 10.8 Å². The zero-order valence-corrected chi connectivity index (χ0v) is 14.3. The number of hydrogen-bond donors (Lipinski definition) is 1. The van der Waals surface area contributed by atoms with E-state index in [4.69, 9.17) is 16.0 Å². The summed E-state index contributed by atoms with van der Waals surface area (Å²) in [6.07, 6.45) is -4.77. The standard InChI is InChI=1S/C17H8ClF3N2O5/c18-8-1-3-11(13(5-8)23(26)27)16(25)22-9-2-4-10-12(17(19,20)21)7-15(24)28-14(10)6-9/h1-7H,(H,22,25). The van der Waals surface area contributed by atoms with E-state index in [-0.39, 0.29) is 21.7 Å². The summed E-state index contributed by atoms with van der Waals surface area (Å²) in [5.74, 6) is -0.892. The summed E-state index contributed by atoms with van der Waals surface area (Å²) in [6, 6.07) is 6.93. The maximum atomic E-state index is 13.1. The summed E-state index contributed by atoms with van der Waals surface area (Å²) in [5, 5.41) is 13.1. The summed E-state index contributed by atoms with van der Waals surface area (Å²) < 4.78 is 43.9. The molecule has 0 saturated heterocycles. The van der Waals surface area contributed by atoms with Gasteiger partial charge in [0.1, 0.15) is 11.1 Å². The smallest absolute Gasteiger partial charge is 0.417 e. The summed E-state index contributed by atoms with van der Waals surface area (Å²) in [5.41, 5.74) is -3.66. The van der Waals surface area contributed by atoms with Crippen LogP contribution < -0.4 is 10.9 Å². The van der Waals surface area contributed by atoms with Crippen LogP contribution in [0.3, 0.4) is 0 Å². The molecule has 0 radical (unpaired) electrons. The van der Waals surface area contributed by atoms with E-state index in [1.807, 2.05) is 0 Å². The Kier molecular flexibility index (Phi) is 4.82. The van der Waals surface area contributed by atoms with Gasteiger partial charge in [-0.1, -0.05) is 11.6 Å². The van der Waals surface area contributed by atoms with Gasteiger partial charge in [0.05, 0.1) is 10.5 Å². The number of alkyl halides is 3. The molecule has 1 aromatic heterocycles. The van der Waals surface area contributed by atoms with Crippen molar-refractivity contribution >= 4 is 39.9 Å². The highest BCUT2D eigenvalue weighted by atomic mass is 35.5. The highest BCUT2D eigenvalue weighted by Gasteiger charge is 2.34. The highest BCUT2D eigenvalue weighted by molar-refractivity contribution is 6.31. The molecule has 1 N–H and O–H groups in total. The van der Waals surface area contributed by atoms with Gasteiger partial charge in [0, 0.05) is 34.3 Å². The van der Waals surface area contributed by atoms with E-state index in [1.165, 1.54) is 6.07 Å². The van der Waals surface area contributed by atoms with Gasteiger partial charge < -0.3 is 9.73 Å². The second-order valence-electron chi connectivity index (χ2n) is 5.56. The third-order valence-corrected chi connectivity index (χ3v) is 3.94. The molecule has 144 valence electrons. The van der Waals surface area contributed by atoms with Crippen LogP contribution in [0.5, 0.6) is 0 Å². The largest absolute Gasteiger partial charge is 0.423 e. The van der Waals surface area contributed by atoms with Gasteiger partial charge in [-0.05, 0) is 24.3 Å². The fraction of sp³-hybridized carbons (Fsp3) is 0.0588. The van der Waals surface area contributed by atoms with Crippen LogP contribution in [0.25, 0.3) is 11.0 Å². The lowest BCUT2D eigenvalue weighted by molar-refractivity contribution is -0.385. The van der Waals surface area contributed by atoms with E-state index in [0.717, 1.165) is 30.3 Å².